The summed E-state index contributed by atoms with van der Waals surface area (Å²) >= 11 is 0. The highest BCUT2D eigenvalue weighted by Gasteiger charge is 2.35. The lowest BCUT2D eigenvalue weighted by atomic mass is 10.0. The average Bonchev–Trinajstić information content (AvgIpc) is 2.57. The topological polar surface area (TPSA) is 76.5 Å². The maximum absolute atomic E-state index is 12.6. The molecule has 0 spiro atoms. The zero-order valence-corrected chi connectivity index (χ0v) is 11.8. The summed E-state index contributed by atoms with van der Waals surface area (Å²) in [6.45, 7) is 5.81. The van der Waals surface area contributed by atoms with Crippen molar-refractivity contribution in [3.05, 3.63) is 17.6 Å². The molecule has 0 amide bonds. The molecule has 2 unspecified atom stereocenters. The molecule has 2 heterocycles. The number of nitrogens with zero attached hydrogens (tertiary/aromatic N) is 1. The van der Waals surface area contributed by atoms with Crippen LogP contribution in [0.5, 0.6) is 0 Å². The van der Waals surface area contributed by atoms with Gasteiger partial charge in [0.2, 0.25) is 10.0 Å². The van der Waals surface area contributed by atoms with E-state index >= 15 is 0 Å². The molecule has 1 aromatic heterocycles. The van der Waals surface area contributed by atoms with Gasteiger partial charge in [0.15, 0.2) is 0 Å². The van der Waals surface area contributed by atoms with E-state index in [-0.39, 0.29) is 17.0 Å². The summed E-state index contributed by atoms with van der Waals surface area (Å²) in [7, 11) is -3.46. The van der Waals surface area contributed by atoms with E-state index in [0.717, 1.165) is 0 Å². The summed E-state index contributed by atoms with van der Waals surface area (Å²) in [5.74, 6) is 1.07. The Morgan fingerprint density at radius 3 is 2.61 bits per heavy atom. The van der Waals surface area contributed by atoms with Crippen LogP contribution in [0.3, 0.4) is 0 Å². The molecular formula is C12H20N2O3S. The van der Waals surface area contributed by atoms with Gasteiger partial charge in [-0.2, -0.15) is 4.31 Å². The quantitative estimate of drug-likeness (QED) is 0.882. The summed E-state index contributed by atoms with van der Waals surface area (Å²) in [5.41, 5.74) is 5.86. The number of furan rings is 1. The average molecular weight is 272 g/mol. The van der Waals surface area contributed by atoms with Crippen molar-refractivity contribution in [2.75, 3.05) is 6.54 Å². The van der Waals surface area contributed by atoms with Crippen LogP contribution in [0, 0.1) is 13.8 Å². The highest BCUT2D eigenvalue weighted by Crippen LogP contribution is 2.28. The molecule has 0 radical (unpaired) electrons. The van der Waals surface area contributed by atoms with Crippen LogP contribution in [0.2, 0.25) is 0 Å². The second kappa shape index (κ2) is 4.68. The molecule has 1 aliphatic rings. The lowest BCUT2D eigenvalue weighted by Crippen LogP contribution is -2.48. The third kappa shape index (κ3) is 2.32. The summed E-state index contributed by atoms with van der Waals surface area (Å²) in [5, 5.41) is 0. The Bertz CT molecular complexity index is 536. The normalized spacial score (nSPS) is 26.4. The van der Waals surface area contributed by atoms with Gasteiger partial charge in [0.25, 0.3) is 0 Å². The van der Waals surface area contributed by atoms with Gasteiger partial charge in [0.1, 0.15) is 16.4 Å². The summed E-state index contributed by atoms with van der Waals surface area (Å²) < 4.78 is 32.0. The van der Waals surface area contributed by atoms with Gasteiger partial charge in [-0.05, 0) is 39.7 Å². The molecule has 2 atom stereocenters. The Kier molecular flexibility index (Phi) is 3.53. The maximum Gasteiger partial charge on any atom is 0.246 e. The van der Waals surface area contributed by atoms with Crippen LogP contribution in [0.4, 0.5) is 0 Å². The number of aryl methyl sites for hydroxylation is 2. The van der Waals surface area contributed by atoms with E-state index in [1.54, 1.807) is 19.9 Å². The molecule has 0 bridgehead atoms. The van der Waals surface area contributed by atoms with Gasteiger partial charge in [0.05, 0.1) is 0 Å². The first kappa shape index (κ1) is 13.6. The minimum absolute atomic E-state index is 0.0617. The standard InChI is InChI=1S/C12H20N2O3S/c1-8-6-11(13)4-5-14(8)18(15,16)12-7-9(2)17-10(12)3/h7-8,11H,4-6,13H2,1-3H3. The van der Waals surface area contributed by atoms with Gasteiger partial charge in [-0.1, -0.05) is 0 Å². The van der Waals surface area contributed by atoms with Crippen LogP contribution in [0.25, 0.3) is 0 Å². The molecule has 1 saturated heterocycles. The predicted octanol–water partition coefficient (Wildman–Crippen LogP) is 1.40. The Hall–Kier alpha value is -0.850. The van der Waals surface area contributed by atoms with Crippen molar-refractivity contribution in [2.45, 2.75) is 50.6 Å². The van der Waals surface area contributed by atoms with E-state index in [9.17, 15) is 8.42 Å². The Morgan fingerprint density at radius 1 is 1.44 bits per heavy atom. The van der Waals surface area contributed by atoms with Gasteiger partial charge < -0.3 is 10.2 Å². The van der Waals surface area contributed by atoms with E-state index in [4.69, 9.17) is 10.2 Å². The van der Waals surface area contributed by atoms with E-state index in [2.05, 4.69) is 0 Å². The smallest absolute Gasteiger partial charge is 0.246 e. The lowest BCUT2D eigenvalue weighted by Gasteiger charge is -2.35. The molecular weight excluding hydrogens is 252 g/mol. The van der Waals surface area contributed by atoms with Crippen molar-refractivity contribution in [2.24, 2.45) is 5.73 Å². The minimum atomic E-state index is -3.46. The van der Waals surface area contributed by atoms with Crippen molar-refractivity contribution in [3.63, 3.8) is 0 Å². The van der Waals surface area contributed by atoms with E-state index in [1.165, 1.54) is 4.31 Å². The van der Waals surface area contributed by atoms with E-state index in [0.29, 0.717) is 30.9 Å². The van der Waals surface area contributed by atoms with Crippen molar-refractivity contribution >= 4 is 10.0 Å². The van der Waals surface area contributed by atoms with Crippen LogP contribution in [0.1, 0.15) is 31.3 Å². The Labute approximate surface area is 108 Å². The van der Waals surface area contributed by atoms with E-state index in [1.807, 2.05) is 6.92 Å². The number of sulfonamides is 1. The van der Waals surface area contributed by atoms with Crippen LogP contribution < -0.4 is 5.73 Å². The molecule has 18 heavy (non-hydrogen) atoms. The maximum atomic E-state index is 12.6. The Balaban J connectivity index is 2.34. The highest BCUT2D eigenvalue weighted by molar-refractivity contribution is 7.89. The lowest BCUT2D eigenvalue weighted by molar-refractivity contribution is 0.247. The second-order valence-electron chi connectivity index (χ2n) is 5.03. The predicted molar refractivity (Wildman–Crippen MR) is 68.7 cm³/mol. The molecule has 0 saturated carbocycles. The molecule has 5 nitrogen and oxygen atoms in total. The van der Waals surface area contributed by atoms with Gasteiger partial charge >= 0.3 is 0 Å². The molecule has 2 rings (SSSR count). The number of hydrogen-bond donors (Lipinski definition) is 1. The third-order valence-electron chi connectivity index (χ3n) is 3.44. The summed E-state index contributed by atoms with van der Waals surface area (Å²) in [6, 6.07) is 1.62. The molecule has 6 heteroatoms. The van der Waals surface area contributed by atoms with Crippen molar-refractivity contribution < 1.29 is 12.8 Å². The molecule has 2 N–H and O–H groups in total. The fourth-order valence-electron chi connectivity index (χ4n) is 2.53. The Morgan fingerprint density at radius 2 is 2.11 bits per heavy atom. The van der Waals surface area contributed by atoms with Crippen LogP contribution in [-0.2, 0) is 10.0 Å². The second-order valence-corrected chi connectivity index (χ2v) is 6.89. The van der Waals surface area contributed by atoms with E-state index < -0.39 is 10.0 Å². The zero-order valence-electron chi connectivity index (χ0n) is 11.0. The number of piperidine rings is 1. The fraction of sp³-hybridized carbons (Fsp3) is 0.667. The van der Waals surface area contributed by atoms with Crippen molar-refractivity contribution in [3.8, 4) is 0 Å². The van der Waals surface area contributed by atoms with Crippen LogP contribution in [-0.4, -0.2) is 31.4 Å². The van der Waals surface area contributed by atoms with Crippen molar-refractivity contribution in [1.29, 1.82) is 0 Å². The minimum Gasteiger partial charge on any atom is -0.465 e. The number of hydrogen-bond acceptors (Lipinski definition) is 4. The summed E-state index contributed by atoms with van der Waals surface area (Å²) in [4.78, 5) is 0.280. The third-order valence-corrected chi connectivity index (χ3v) is 5.56. The first-order chi connectivity index (χ1) is 8.32. The van der Waals surface area contributed by atoms with Crippen molar-refractivity contribution in [1.82, 2.24) is 4.31 Å². The van der Waals surface area contributed by atoms with Crippen LogP contribution in [0.15, 0.2) is 15.4 Å². The number of nitrogens with two attached hydrogens (primary N) is 1. The zero-order chi connectivity index (χ0) is 13.5. The highest BCUT2D eigenvalue weighted by atomic mass is 32.2. The van der Waals surface area contributed by atoms with Gasteiger partial charge in [-0.15, -0.1) is 0 Å². The number of rotatable bonds is 2. The van der Waals surface area contributed by atoms with Gasteiger partial charge in [-0.25, -0.2) is 8.42 Å². The largest absolute Gasteiger partial charge is 0.465 e. The molecule has 102 valence electrons. The summed E-state index contributed by atoms with van der Waals surface area (Å²) in [6.07, 6.45) is 1.41. The molecule has 0 aromatic carbocycles. The van der Waals surface area contributed by atoms with Crippen LogP contribution >= 0.6 is 0 Å². The monoisotopic (exact) mass is 272 g/mol. The molecule has 1 fully saturated rings. The first-order valence-electron chi connectivity index (χ1n) is 6.17. The molecule has 0 aliphatic carbocycles. The molecule has 1 aliphatic heterocycles. The SMILES string of the molecule is Cc1cc(S(=O)(=O)N2CCC(N)CC2C)c(C)o1. The fourth-order valence-corrected chi connectivity index (χ4v) is 4.41. The van der Waals surface area contributed by atoms with Gasteiger partial charge in [-0.3, -0.25) is 0 Å². The molecule has 1 aromatic rings. The first-order valence-corrected chi connectivity index (χ1v) is 7.61. The van der Waals surface area contributed by atoms with Gasteiger partial charge in [0, 0.05) is 18.6 Å².